The van der Waals surface area contributed by atoms with E-state index in [4.69, 9.17) is 5.73 Å². The molecule has 2 atom stereocenters. The molecule has 3 N–H and O–H groups in total. The van der Waals surface area contributed by atoms with Gasteiger partial charge in [0.15, 0.2) is 0 Å². The number of nitrogens with one attached hydrogen (secondary N) is 1. The zero-order valence-corrected chi connectivity index (χ0v) is 14.6. The lowest BCUT2D eigenvalue weighted by atomic mass is 9.95. The second-order valence-electron chi connectivity index (χ2n) is 6.18. The van der Waals surface area contributed by atoms with Crippen LogP contribution in [-0.4, -0.2) is 37.4 Å². The summed E-state index contributed by atoms with van der Waals surface area (Å²) in [4.78, 5) is 25.5. The van der Waals surface area contributed by atoms with Crippen LogP contribution in [0.5, 0.6) is 0 Å². The zero-order chi connectivity index (χ0) is 16.1. The number of halogens is 1. The lowest BCUT2D eigenvalue weighted by molar-refractivity contribution is -0.128. The standard InChI is InChI=1S/C17H25N3O2.ClH/c1-20(2)16(21)10-12-6-8-14(9-7-12)19-17(22)15-5-3-4-13(15)11-18;/h6-9,13,15H,3-5,10-11,18H2,1-2H3,(H,19,22);1H/t13-,15-;/m1./s1. The zero-order valence-electron chi connectivity index (χ0n) is 13.7. The molecule has 0 heterocycles. The highest BCUT2D eigenvalue weighted by atomic mass is 35.5. The predicted octanol–water partition coefficient (Wildman–Crippen LogP) is 2.05. The average molecular weight is 340 g/mol. The Morgan fingerprint density at radius 1 is 1.22 bits per heavy atom. The summed E-state index contributed by atoms with van der Waals surface area (Å²) in [5.41, 5.74) is 7.44. The van der Waals surface area contributed by atoms with E-state index in [1.807, 2.05) is 24.3 Å². The van der Waals surface area contributed by atoms with Crippen molar-refractivity contribution in [3.8, 4) is 0 Å². The van der Waals surface area contributed by atoms with Crippen molar-refractivity contribution >= 4 is 29.9 Å². The van der Waals surface area contributed by atoms with E-state index in [0.717, 1.165) is 30.5 Å². The van der Waals surface area contributed by atoms with Gasteiger partial charge in [0.25, 0.3) is 0 Å². The topological polar surface area (TPSA) is 75.4 Å². The first kappa shape index (κ1) is 19.5. The molecule has 23 heavy (non-hydrogen) atoms. The number of nitrogens with two attached hydrogens (primary N) is 1. The Kier molecular flexibility index (Phi) is 7.52. The number of benzene rings is 1. The van der Waals surface area contributed by atoms with E-state index in [2.05, 4.69) is 5.32 Å². The summed E-state index contributed by atoms with van der Waals surface area (Å²) < 4.78 is 0. The third-order valence-corrected chi connectivity index (χ3v) is 4.37. The molecule has 1 fully saturated rings. The molecule has 6 heteroatoms. The Hall–Kier alpha value is -1.59. The summed E-state index contributed by atoms with van der Waals surface area (Å²) in [5, 5.41) is 2.96. The van der Waals surface area contributed by atoms with Crippen LogP contribution in [0.1, 0.15) is 24.8 Å². The lowest BCUT2D eigenvalue weighted by Crippen LogP contribution is -2.29. The maximum Gasteiger partial charge on any atom is 0.227 e. The summed E-state index contributed by atoms with van der Waals surface area (Å²) in [6, 6.07) is 7.46. The van der Waals surface area contributed by atoms with Crippen molar-refractivity contribution in [3.63, 3.8) is 0 Å². The molecule has 0 aliphatic heterocycles. The lowest BCUT2D eigenvalue weighted by Gasteiger charge is -2.17. The average Bonchev–Trinajstić information content (AvgIpc) is 2.97. The number of carbonyl (C=O) groups is 2. The highest BCUT2D eigenvalue weighted by Gasteiger charge is 2.31. The molecule has 0 aromatic heterocycles. The third kappa shape index (κ3) is 5.22. The number of amides is 2. The largest absolute Gasteiger partial charge is 0.349 e. The molecule has 1 aliphatic rings. The monoisotopic (exact) mass is 339 g/mol. The second kappa shape index (κ2) is 8.89. The van der Waals surface area contributed by atoms with Crippen molar-refractivity contribution in [1.29, 1.82) is 0 Å². The van der Waals surface area contributed by atoms with Gasteiger partial charge in [0.2, 0.25) is 11.8 Å². The van der Waals surface area contributed by atoms with Crippen LogP contribution in [0.4, 0.5) is 5.69 Å². The molecule has 0 saturated heterocycles. The van der Waals surface area contributed by atoms with Gasteiger partial charge < -0.3 is 16.0 Å². The number of carbonyl (C=O) groups excluding carboxylic acids is 2. The first-order chi connectivity index (χ1) is 10.5. The van der Waals surface area contributed by atoms with Gasteiger partial charge in [0, 0.05) is 25.7 Å². The molecule has 0 bridgehead atoms. The van der Waals surface area contributed by atoms with E-state index in [0.29, 0.717) is 18.9 Å². The van der Waals surface area contributed by atoms with Crippen LogP contribution < -0.4 is 11.1 Å². The van der Waals surface area contributed by atoms with Crippen LogP contribution in [0.2, 0.25) is 0 Å². The van der Waals surface area contributed by atoms with Crippen LogP contribution in [0.15, 0.2) is 24.3 Å². The molecule has 0 radical (unpaired) electrons. The number of rotatable bonds is 5. The maximum atomic E-state index is 12.3. The minimum Gasteiger partial charge on any atom is -0.349 e. The Morgan fingerprint density at radius 3 is 2.43 bits per heavy atom. The Balaban J connectivity index is 0.00000264. The highest BCUT2D eigenvalue weighted by Crippen LogP contribution is 2.31. The van der Waals surface area contributed by atoms with Crippen molar-refractivity contribution in [1.82, 2.24) is 4.90 Å². The van der Waals surface area contributed by atoms with E-state index >= 15 is 0 Å². The fraction of sp³-hybridized carbons (Fsp3) is 0.529. The first-order valence-electron chi connectivity index (χ1n) is 7.81. The summed E-state index contributed by atoms with van der Waals surface area (Å²) in [6.07, 6.45) is 3.41. The van der Waals surface area contributed by atoms with Crippen LogP contribution in [0.25, 0.3) is 0 Å². The second-order valence-corrected chi connectivity index (χ2v) is 6.18. The molecular formula is C17H26ClN3O2. The van der Waals surface area contributed by atoms with Crippen LogP contribution in [0.3, 0.4) is 0 Å². The Bertz CT molecular complexity index is 531. The van der Waals surface area contributed by atoms with Crippen molar-refractivity contribution < 1.29 is 9.59 Å². The summed E-state index contributed by atoms with van der Waals surface area (Å²) >= 11 is 0. The molecule has 128 valence electrons. The van der Waals surface area contributed by atoms with Crippen molar-refractivity contribution in [2.24, 2.45) is 17.6 Å². The number of hydrogen-bond acceptors (Lipinski definition) is 3. The normalized spacial score (nSPS) is 19.8. The predicted molar refractivity (Wildman–Crippen MR) is 94.6 cm³/mol. The number of likely N-dealkylation sites (N-methyl/N-ethyl adjacent to an activating group) is 1. The van der Waals surface area contributed by atoms with E-state index < -0.39 is 0 Å². The van der Waals surface area contributed by atoms with Crippen LogP contribution >= 0.6 is 12.4 Å². The number of anilines is 1. The van der Waals surface area contributed by atoms with Crippen molar-refractivity contribution in [2.45, 2.75) is 25.7 Å². The van der Waals surface area contributed by atoms with Gasteiger partial charge in [0.1, 0.15) is 0 Å². The molecule has 5 nitrogen and oxygen atoms in total. The molecule has 1 aromatic rings. The molecule has 0 unspecified atom stereocenters. The van der Waals surface area contributed by atoms with Gasteiger partial charge in [-0.15, -0.1) is 12.4 Å². The van der Waals surface area contributed by atoms with Crippen molar-refractivity contribution in [3.05, 3.63) is 29.8 Å². The van der Waals surface area contributed by atoms with Crippen LogP contribution in [-0.2, 0) is 16.0 Å². The first-order valence-corrected chi connectivity index (χ1v) is 7.81. The van der Waals surface area contributed by atoms with Gasteiger partial charge in [0.05, 0.1) is 6.42 Å². The quantitative estimate of drug-likeness (QED) is 0.862. The summed E-state index contributed by atoms with van der Waals surface area (Å²) in [6.45, 7) is 0.573. The summed E-state index contributed by atoms with van der Waals surface area (Å²) in [5.74, 6) is 0.454. The third-order valence-electron chi connectivity index (χ3n) is 4.37. The Labute approximate surface area is 144 Å². The molecule has 2 amide bonds. The van der Waals surface area contributed by atoms with Crippen LogP contribution in [0, 0.1) is 11.8 Å². The minimum absolute atomic E-state index is 0. The molecule has 1 aromatic carbocycles. The molecular weight excluding hydrogens is 314 g/mol. The van der Waals surface area contributed by atoms with E-state index in [1.165, 1.54) is 0 Å². The van der Waals surface area contributed by atoms with Gasteiger partial charge in [-0.2, -0.15) is 0 Å². The Morgan fingerprint density at radius 2 is 1.87 bits per heavy atom. The smallest absolute Gasteiger partial charge is 0.227 e. The molecule has 2 rings (SSSR count). The van der Waals surface area contributed by atoms with Gasteiger partial charge in [-0.3, -0.25) is 9.59 Å². The van der Waals surface area contributed by atoms with E-state index in [9.17, 15) is 9.59 Å². The fourth-order valence-corrected chi connectivity index (χ4v) is 2.94. The molecule has 0 spiro atoms. The van der Waals surface area contributed by atoms with E-state index in [-0.39, 0.29) is 30.1 Å². The highest BCUT2D eigenvalue weighted by molar-refractivity contribution is 5.93. The maximum absolute atomic E-state index is 12.3. The van der Waals surface area contributed by atoms with Crippen molar-refractivity contribution in [2.75, 3.05) is 26.0 Å². The van der Waals surface area contributed by atoms with E-state index in [1.54, 1.807) is 19.0 Å². The summed E-state index contributed by atoms with van der Waals surface area (Å²) in [7, 11) is 3.48. The number of nitrogens with zero attached hydrogens (tertiary/aromatic N) is 1. The fourth-order valence-electron chi connectivity index (χ4n) is 2.94. The number of hydrogen-bond donors (Lipinski definition) is 2. The van der Waals surface area contributed by atoms with Gasteiger partial charge in [-0.05, 0) is 43.0 Å². The minimum atomic E-state index is 0. The molecule has 1 aliphatic carbocycles. The van der Waals surface area contributed by atoms with Gasteiger partial charge >= 0.3 is 0 Å². The van der Waals surface area contributed by atoms with Gasteiger partial charge in [-0.1, -0.05) is 18.6 Å². The SMILES string of the molecule is CN(C)C(=O)Cc1ccc(NC(=O)[C@@H]2CCC[C@@H]2CN)cc1.Cl. The molecule has 1 saturated carbocycles. The van der Waals surface area contributed by atoms with Gasteiger partial charge in [-0.25, -0.2) is 0 Å².